The quantitative estimate of drug-likeness (QED) is 0.321. The molecule has 2 aromatic rings. The van der Waals surface area contributed by atoms with Crippen LogP contribution >= 0.6 is 11.6 Å². The number of unbranched alkanes of at least 4 members (excludes halogenated alkanes) is 4. The summed E-state index contributed by atoms with van der Waals surface area (Å²) in [6.07, 6.45) is 5.50. The van der Waals surface area contributed by atoms with Crippen molar-refractivity contribution in [1.29, 1.82) is 0 Å². The molecule has 0 atom stereocenters. The Balaban J connectivity index is 1.82. The molecule has 4 nitrogen and oxygen atoms in total. The maximum absolute atomic E-state index is 12.1. The minimum absolute atomic E-state index is 0.357. The highest BCUT2D eigenvalue weighted by Gasteiger charge is 2.11. The third kappa shape index (κ3) is 6.52. The highest BCUT2D eigenvalue weighted by molar-refractivity contribution is 6.30. The number of benzene rings is 2. The molecule has 0 saturated carbocycles. The first-order chi connectivity index (χ1) is 12.6. The van der Waals surface area contributed by atoms with Gasteiger partial charge >= 0.3 is 11.9 Å². The van der Waals surface area contributed by atoms with Gasteiger partial charge < -0.3 is 9.47 Å². The van der Waals surface area contributed by atoms with Crippen LogP contribution in [0.4, 0.5) is 0 Å². The molecule has 5 heteroatoms. The first kappa shape index (κ1) is 20.0. The van der Waals surface area contributed by atoms with Crippen LogP contribution in [0.1, 0.15) is 59.7 Å². The normalized spacial score (nSPS) is 10.4. The Bertz CT molecular complexity index is 708. The topological polar surface area (TPSA) is 52.6 Å². The van der Waals surface area contributed by atoms with Crippen LogP contribution < -0.4 is 4.74 Å². The Morgan fingerprint density at radius 1 is 0.808 bits per heavy atom. The summed E-state index contributed by atoms with van der Waals surface area (Å²) in [6.45, 7) is 2.58. The Morgan fingerprint density at radius 2 is 1.38 bits per heavy atom. The lowest BCUT2D eigenvalue weighted by Gasteiger charge is -2.07. The average Bonchev–Trinajstić information content (AvgIpc) is 2.66. The third-order valence-corrected chi connectivity index (χ3v) is 4.11. The van der Waals surface area contributed by atoms with Crippen molar-refractivity contribution >= 4 is 23.5 Å². The third-order valence-electron chi connectivity index (χ3n) is 3.86. The van der Waals surface area contributed by atoms with Crippen LogP contribution in [0.2, 0.25) is 5.02 Å². The van der Waals surface area contributed by atoms with Gasteiger partial charge in [0.2, 0.25) is 0 Å². The Labute approximate surface area is 159 Å². The highest BCUT2D eigenvalue weighted by atomic mass is 35.5. The van der Waals surface area contributed by atoms with Gasteiger partial charge in [-0.3, -0.25) is 0 Å². The molecule has 0 N–H and O–H groups in total. The smallest absolute Gasteiger partial charge is 0.343 e. The van der Waals surface area contributed by atoms with Gasteiger partial charge in [0.25, 0.3) is 0 Å². The molecule has 0 aliphatic carbocycles. The van der Waals surface area contributed by atoms with Gasteiger partial charge in [0.15, 0.2) is 0 Å². The molecule has 0 amide bonds. The Kier molecular flexibility index (Phi) is 8.16. The number of hydrogen-bond donors (Lipinski definition) is 0. The van der Waals surface area contributed by atoms with E-state index >= 15 is 0 Å². The summed E-state index contributed by atoms with van der Waals surface area (Å²) in [7, 11) is 0. The molecule has 0 saturated heterocycles. The van der Waals surface area contributed by atoms with Crippen LogP contribution in [0.15, 0.2) is 48.5 Å². The monoisotopic (exact) mass is 374 g/mol. The summed E-state index contributed by atoms with van der Waals surface area (Å²) in [4.78, 5) is 24.1. The van der Waals surface area contributed by atoms with Crippen molar-refractivity contribution < 1.29 is 19.1 Å². The minimum atomic E-state index is -0.497. The average molecular weight is 375 g/mol. The van der Waals surface area contributed by atoms with Gasteiger partial charge in [-0.05, 0) is 55.0 Å². The van der Waals surface area contributed by atoms with Gasteiger partial charge in [0.05, 0.1) is 17.7 Å². The standard InChI is InChI=1S/C21H23ClO4/c1-2-3-4-5-6-15-25-20(23)16-7-9-17(10-8-16)21(24)26-19-13-11-18(22)12-14-19/h7-14H,2-6,15H2,1H3. The molecule has 2 aromatic carbocycles. The number of hydrogen-bond acceptors (Lipinski definition) is 4. The molecule has 0 unspecified atom stereocenters. The second kappa shape index (κ2) is 10.6. The summed E-state index contributed by atoms with van der Waals surface area (Å²) >= 11 is 5.80. The lowest BCUT2D eigenvalue weighted by Crippen LogP contribution is -2.10. The van der Waals surface area contributed by atoms with Crippen molar-refractivity contribution in [3.05, 3.63) is 64.7 Å². The maximum atomic E-state index is 12.1. The summed E-state index contributed by atoms with van der Waals surface area (Å²) in [5.41, 5.74) is 0.776. The summed E-state index contributed by atoms with van der Waals surface area (Å²) in [5, 5.41) is 0.568. The SMILES string of the molecule is CCCCCCCOC(=O)c1ccc(C(=O)Oc2ccc(Cl)cc2)cc1. The fraction of sp³-hybridized carbons (Fsp3) is 0.333. The van der Waals surface area contributed by atoms with Crippen LogP contribution in [-0.4, -0.2) is 18.5 Å². The predicted molar refractivity (Wildman–Crippen MR) is 102 cm³/mol. The fourth-order valence-corrected chi connectivity index (χ4v) is 2.49. The second-order valence-corrected chi connectivity index (χ2v) is 6.41. The number of carbonyl (C=O) groups excluding carboxylic acids is 2. The van der Waals surface area contributed by atoms with Crippen LogP contribution in [0.3, 0.4) is 0 Å². The number of ether oxygens (including phenoxy) is 2. The van der Waals surface area contributed by atoms with Crippen molar-refractivity contribution in [1.82, 2.24) is 0 Å². The molecule has 26 heavy (non-hydrogen) atoms. The van der Waals surface area contributed by atoms with E-state index in [1.807, 2.05) is 0 Å². The lowest BCUT2D eigenvalue weighted by molar-refractivity contribution is 0.0497. The van der Waals surface area contributed by atoms with E-state index in [1.54, 1.807) is 48.5 Å². The van der Waals surface area contributed by atoms with Gasteiger partial charge in [-0.1, -0.05) is 44.2 Å². The van der Waals surface area contributed by atoms with E-state index in [4.69, 9.17) is 21.1 Å². The van der Waals surface area contributed by atoms with Gasteiger partial charge in [-0.15, -0.1) is 0 Å². The van der Waals surface area contributed by atoms with Crippen LogP contribution in [0.5, 0.6) is 5.75 Å². The first-order valence-corrected chi connectivity index (χ1v) is 9.23. The highest BCUT2D eigenvalue weighted by Crippen LogP contribution is 2.17. The molecule has 0 aliphatic heterocycles. The molecule has 0 heterocycles. The Morgan fingerprint density at radius 3 is 2.00 bits per heavy atom. The van der Waals surface area contributed by atoms with E-state index in [-0.39, 0.29) is 5.97 Å². The van der Waals surface area contributed by atoms with Crippen LogP contribution in [-0.2, 0) is 4.74 Å². The molecular weight excluding hydrogens is 352 g/mol. The molecule has 2 rings (SSSR count). The molecule has 0 bridgehead atoms. The summed E-state index contributed by atoms with van der Waals surface area (Å²) < 4.78 is 10.5. The van der Waals surface area contributed by atoms with Gasteiger partial charge in [0.1, 0.15) is 5.75 Å². The first-order valence-electron chi connectivity index (χ1n) is 8.85. The zero-order valence-corrected chi connectivity index (χ0v) is 15.6. The lowest BCUT2D eigenvalue weighted by atomic mass is 10.1. The van der Waals surface area contributed by atoms with Crippen molar-refractivity contribution in [2.75, 3.05) is 6.61 Å². The van der Waals surface area contributed by atoms with Crippen LogP contribution in [0, 0.1) is 0 Å². The number of carbonyl (C=O) groups is 2. The van der Waals surface area contributed by atoms with Crippen molar-refractivity contribution in [2.24, 2.45) is 0 Å². The molecule has 138 valence electrons. The summed E-state index contributed by atoms with van der Waals surface area (Å²) in [6, 6.07) is 12.8. The fourth-order valence-electron chi connectivity index (χ4n) is 2.36. The summed E-state index contributed by atoms with van der Waals surface area (Å²) in [5.74, 6) is -0.466. The second-order valence-electron chi connectivity index (χ2n) is 5.97. The van der Waals surface area contributed by atoms with Crippen molar-refractivity contribution in [2.45, 2.75) is 39.0 Å². The van der Waals surface area contributed by atoms with Crippen molar-refractivity contribution in [3.8, 4) is 5.75 Å². The van der Waals surface area contributed by atoms with E-state index in [2.05, 4.69) is 6.92 Å². The largest absolute Gasteiger partial charge is 0.462 e. The van der Waals surface area contributed by atoms with Gasteiger partial charge in [-0.2, -0.15) is 0 Å². The molecule has 0 radical (unpaired) electrons. The molecular formula is C21H23ClO4. The number of esters is 2. The molecule has 0 spiro atoms. The molecule has 0 aromatic heterocycles. The Hall–Kier alpha value is -2.33. The zero-order chi connectivity index (χ0) is 18.8. The molecule has 0 aliphatic rings. The van der Waals surface area contributed by atoms with E-state index < -0.39 is 5.97 Å². The molecule has 0 fully saturated rings. The van der Waals surface area contributed by atoms with Gasteiger partial charge in [0, 0.05) is 5.02 Å². The van der Waals surface area contributed by atoms with E-state index in [9.17, 15) is 9.59 Å². The van der Waals surface area contributed by atoms with Gasteiger partial charge in [-0.25, -0.2) is 9.59 Å². The van der Waals surface area contributed by atoms with E-state index in [0.29, 0.717) is 28.5 Å². The van der Waals surface area contributed by atoms with E-state index in [1.165, 1.54) is 19.3 Å². The zero-order valence-electron chi connectivity index (χ0n) is 14.9. The number of halogens is 1. The van der Waals surface area contributed by atoms with Crippen LogP contribution in [0.25, 0.3) is 0 Å². The van der Waals surface area contributed by atoms with Crippen molar-refractivity contribution in [3.63, 3.8) is 0 Å². The minimum Gasteiger partial charge on any atom is -0.462 e. The predicted octanol–water partition coefficient (Wildman–Crippen LogP) is 5.69. The number of rotatable bonds is 9. The van der Waals surface area contributed by atoms with E-state index in [0.717, 1.165) is 12.8 Å². The maximum Gasteiger partial charge on any atom is 0.343 e.